The molecule has 5 nitrogen and oxygen atoms in total. The molecule has 1 saturated heterocycles. The molecule has 0 saturated carbocycles. The van der Waals surface area contributed by atoms with Crippen LogP contribution in [0.15, 0.2) is 0 Å². The van der Waals surface area contributed by atoms with Gasteiger partial charge in [-0.1, -0.05) is 0 Å². The van der Waals surface area contributed by atoms with Crippen molar-refractivity contribution in [1.29, 1.82) is 0 Å². The molecule has 102 valence electrons. The highest BCUT2D eigenvalue weighted by molar-refractivity contribution is 7.11. The Morgan fingerprint density at radius 2 is 2.33 bits per heavy atom. The Bertz CT molecular complexity index is 395. The van der Waals surface area contributed by atoms with Gasteiger partial charge in [0.2, 0.25) is 0 Å². The zero-order valence-electron chi connectivity index (χ0n) is 11.1. The molecule has 1 aliphatic rings. The number of rotatable bonds is 4. The maximum Gasteiger partial charge on any atom is 0.197 e. The number of hydrogen-bond donors (Lipinski definition) is 2. The minimum Gasteiger partial charge on any atom is -0.484 e. The maximum atomic E-state index is 5.83. The first-order chi connectivity index (χ1) is 8.56. The summed E-state index contributed by atoms with van der Waals surface area (Å²) in [6, 6.07) is 0.406. The summed E-state index contributed by atoms with van der Waals surface area (Å²) in [6.07, 6.45) is 2.40. The van der Waals surface area contributed by atoms with Gasteiger partial charge in [0, 0.05) is 12.6 Å². The summed E-state index contributed by atoms with van der Waals surface area (Å²) in [5.41, 5.74) is 5.83. The first-order valence-electron chi connectivity index (χ1n) is 6.36. The van der Waals surface area contributed by atoms with Crippen molar-refractivity contribution in [3.63, 3.8) is 0 Å². The molecule has 2 heterocycles. The van der Waals surface area contributed by atoms with Gasteiger partial charge in [-0.2, -0.15) is 4.37 Å². The number of aromatic nitrogens is 1. The monoisotopic (exact) mass is 271 g/mol. The molecule has 1 fully saturated rings. The van der Waals surface area contributed by atoms with Gasteiger partial charge in [0.25, 0.3) is 0 Å². The summed E-state index contributed by atoms with van der Waals surface area (Å²) < 4.78 is 15.4. The van der Waals surface area contributed by atoms with E-state index in [-0.39, 0.29) is 6.10 Å². The van der Waals surface area contributed by atoms with Crippen LogP contribution in [0.2, 0.25) is 0 Å². The summed E-state index contributed by atoms with van der Waals surface area (Å²) in [4.78, 5) is 0. The minimum atomic E-state index is 0.0952. The molecule has 2 unspecified atom stereocenters. The van der Waals surface area contributed by atoms with E-state index >= 15 is 0 Å². The molecule has 0 aromatic carbocycles. The molecular weight excluding hydrogens is 250 g/mol. The quantitative estimate of drug-likeness (QED) is 0.880. The summed E-state index contributed by atoms with van der Waals surface area (Å²) >= 11 is 1.36. The van der Waals surface area contributed by atoms with Gasteiger partial charge in [-0.3, -0.25) is 0 Å². The lowest BCUT2D eigenvalue weighted by Crippen LogP contribution is -2.32. The molecule has 3 N–H and O–H groups in total. The zero-order chi connectivity index (χ0) is 13.1. The first kappa shape index (κ1) is 13.4. The van der Waals surface area contributed by atoms with E-state index < -0.39 is 0 Å². The lowest BCUT2D eigenvalue weighted by atomic mass is 10.0. The van der Waals surface area contributed by atoms with Crippen LogP contribution in [0.25, 0.3) is 0 Å². The van der Waals surface area contributed by atoms with Crippen molar-refractivity contribution in [2.75, 3.05) is 17.7 Å². The average Bonchev–Trinajstić information content (AvgIpc) is 2.61. The fourth-order valence-corrected chi connectivity index (χ4v) is 2.78. The van der Waals surface area contributed by atoms with Gasteiger partial charge in [0.15, 0.2) is 16.6 Å². The lowest BCUT2D eigenvalue weighted by Gasteiger charge is -2.28. The molecule has 0 amide bonds. The number of nitrogens with zero attached hydrogens (tertiary/aromatic N) is 1. The number of nitrogens with one attached hydrogen (secondary N) is 1. The molecule has 18 heavy (non-hydrogen) atoms. The predicted molar refractivity (Wildman–Crippen MR) is 74.3 cm³/mol. The van der Waals surface area contributed by atoms with Crippen molar-refractivity contribution in [2.45, 2.75) is 51.9 Å². The van der Waals surface area contributed by atoms with Crippen LogP contribution in [0.3, 0.4) is 0 Å². The van der Waals surface area contributed by atoms with E-state index in [2.05, 4.69) is 16.6 Å². The van der Waals surface area contributed by atoms with Crippen LogP contribution in [0.1, 0.15) is 33.6 Å². The molecule has 1 aromatic rings. The molecule has 0 spiro atoms. The Balaban J connectivity index is 2.04. The van der Waals surface area contributed by atoms with Gasteiger partial charge in [-0.05, 0) is 45.1 Å². The Morgan fingerprint density at radius 1 is 1.56 bits per heavy atom. The van der Waals surface area contributed by atoms with Crippen molar-refractivity contribution in [1.82, 2.24) is 4.37 Å². The Morgan fingerprint density at radius 3 is 3.00 bits per heavy atom. The molecule has 1 aromatic heterocycles. The normalized spacial score (nSPS) is 24.2. The molecule has 0 bridgehead atoms. The molecular formula is C12H21N3O2S. The molecule has 1 aliphatic heterocycles. The summed E-state index contributed by atoms with van der Waals surface area (Å²) in [7, 11) is 0. The average molecular weight is 271 g/mol. The fraction of sp³-hybridized carbons (Fsp3) is 0.750. The second kappa shape index (κ2) is 5.75. The van der Waals surface area contributed by atoms with E-state index in [9.17, 15) is 0 Å². The SMILES string of the molecule is CC(C)Oc1c(N)nsc1NC1CCOC(C)C1. The summed E-state index contributed by atoms with van der Waals surface area (Å²) in [6.45, 7) is 6.86. The van der Waals surface area contributed by atoms with Crippen molar-refractivity contribution >= 4 is 22.4 Å². The fourth-order valence-electron chi connectivity index (χ4n) is 2.05. The minimum absolute atomic E-state index is 0.0952. The lowest BCUT2D eigenvalue weighted by molar-refractivity contribution is 0.0232. The smallest absolute Gasteiger partial charge is 0.197 e. The van der Waals surface area contributed by atoms with E-state index in [1.807, 2.05) is 13.8 Å². The van der Waals surface area contributed by atoms with Gasteiger partial charge in [-0.15, -0.1) is 0 Å². The van der Waals surface area contributed by atoms with E-state index in [1.54, 1.807) is 0 Å². The Hall–Kier alpha value is -1.01. The van der Waals surface area contributed by atoms with Crippen LogP contribution in [0.4, 0.5) is 10.8 Å². The van der Waals surface area contributed by atoms with E-state index in [1.165, 1.54) is 11.5 Å². The zero-order valence-corrected chi connectivity index (χ0v) is 11.9. The first-order valence-corrected chi connectivity index (χ1v) is 7.13. The highest BCUT2D eigenvalue weighted by Crippen LogP contribution is 2.37. The highest BCUT2D eigenvalue weighted by Gasteiger charge is 2.22. The summed E-state index contributed by atoms with van der Waals surface area (Å²) in [5, 5.41) is 4.41. The molecule has 0 radical (unpaired) electrons. The van der Waals surface area contributed by atoms with Crippen molar-refractivity contribution in [3.8, 4) is 5.75 Å². The molecule has 2 rings (SSSR count). The van der Waals surface area contributed by atoms with Crippen molar-refractivity contribution < 1.29 is 9.47 Å². The number of anilines is 2. The number of ether oxygens (including phenoxy) is 2. The molecule has 2 atom stereocenters. The standard InChI is InChI=1S/C12H21N3O2S/c1-7(2)17-10-11(13)15-18-12(10)14-9-4-5-16-8(3)6-9/h7-9,14H,4-6H2,1-3H3,(H2,13,15). The third kappa shape index (κ3) is 3.26. The topological polar surface area (TPSA) is 69.4 Å². The maximum absolute atomic E-state index is 5.83. The van der Waals surface area contributed by atoms with Gasteiger partial charge in [0.1, 0.15) is 0 Å². The number of hydrogen-bond acceptors (Lipinski definition) is 6. The Kier molecular flexibility index (Phi) is 4.29. The van der Waals surface area contributed by atoms with Crippen LogP contribution in [0, 0.1) is 0 Å². The van der Waals surface area contributed by atoms with Gasteiger partial charge in [0.05, 0.1) is 12.2 Å². The summed E-state index contributed by atoms with van der Waals surface area (Å²) in [5.74, 6) is 1.16. The van der Waals surface area contributed by atoms with Gasteiger partial charge >= 0.3 is 0 Å². The second-order valence-corrected chi connectivity index (χ2v) is 5.71. The molecule has 0 aliphatic carbocycles. The van der Waals surface area contributed by atoms with Crippen LogP contribution < -0.4 is 15.8 Å². The van der Waals surface area contributed by atoms with Gasteiger partial charge in [-0.25, -0.2) is 0 Å². The van der Waals surface area contributed by atoms with Gasteiger partial charge < -0.3 is 20.5 Å². The van der Waals surface area contributed by atoms with Crippen LogP contribution in [0.5, 0.6) is 5.75 Å². The van der Waals surface area contributed by atoms with Crippen LogP contribution in [-0.4, -0.2) is 29.2 Å². The number of nitrogen functional groups attached to an aromatic ring is 1. The van der Waals surface area contributed by atoms with E-state index in [0.717, 1.165) is 24.4 Å². The highest BCUT2D eigenvalue weighted by atomic mass is 32.1. The van der Waals surface area contributed by atoms with E-state index in [4.69, 9.17) is 15.2 Å². The largest absolute Gasteiger partial charge is 0.484 e. The van der Waals surface area contributed by atoms with Crippen molar-refractivity contribution in [2.24, 2.45) is 0 Å². The predicted octanol–water partition coefficient (Wildman–Crippen LogP) is 2.49. The third-order valence-electron chi connectivity index (χ3n) is 2.85. The second-order valence-electron chi connectivity index (χ2n) is 4.94. The van der Waals surface area contributed by atoms with Crippen molar-refractivity contribution in [3.05, 3.63) is 0 Å². The van der Waals surface area contributed by atoms with Crippen LogP contribution >= 0.6 is 11.5 Å². The van der Waals surface area contributed by atoms with E-state index in [0.29, 0.717) is 23.7 Å². The molecule has 6 heteroatoms. The third-order valence-corrected chi connectivity index (χ3v) is 3.62. The Labute approximate surface area is 112 Å². The van der Waals surface area contributed by atoms with Crippen LogP contribution in [-0.2, 0) is 4.74 Å². The number of nitrogens with two attached hydrogens (primary N) is 1.